The van der Waals surface area contributed by atoms with E-state index in [1.165, 1.54) is 0 Å². The molecule has 124 valence electrons. The second kappa shape index (κ2) is 6.87. The van der Waals surface area contributed by atoms with Crippen molar-refractivity contribution in [1.82, 2.24) is 5.32 Å². The van der Waals surface area contributed by atoms with Gasteiger partial charge >= 0.3 is 0 Å². The van der Waals surface area contributed by atoms with Crippen LogP contribution in [0.15, 0.2) is 54.6 Å². The standard InChI is InChI=1S/C20H22N2O2/c1-14-8-10-18(11-9-14)22-13-17(12-19(22)23)20(24)21-15(2)16-6-4-3-5-7-16/h3-11,15,17H,12-13H2,1-2H3,(H,21,24)/t15-,17-/m1/s1. The summed E-state index contributed by atoms with van der Waals surface area (Å²) in [7, 11) is 0. The number of aryl methyl sites for hydroxylation is 1. The van der Waals surface area contributed by atoms with Crippen molar-refractivity contribution in [3.8, 4) is 0 Å². The maximum absolute atomic E-state index is 12.5. The Hall–Kier alpha value is -2.62. The van der Waals surface area contributed by atoms with Gasteiger partial charge in [0.05, 0.1) is 12.0 Å². The summed E-state index contributed by atoms with van der Waals surface area (Å²) in [6.07, 6.45) is 0.265. The van der Waals surface area contributed by atoms with Crippen molar-refractivity contribution in [2.45, 2.75) is 26.3 Å². The summed E-state index contributed by atoms with van der Waals surface area (Å²) in [5.41, 5.74) is 3.07. The van der Waals surface area contributed by atoms with Gasteiger partial charge in [-0.2, -0.15) is 0 Å². The van der Waals surface area contributed by atoms with Gasteiger partial charge in [-0.25, -0.2) is 0 Å². The Balaban J connectivity index is 1.64. The van der Waals surface area contributed by atoms with Gasteiger partial charge in [0.25, 0.3) is 0 Å². The number of benzene rings is 2. The maximum atomic E-state index is 12.5. The highest BCUT2D eigenvalue weighted by Crippen LogP contribution is 2.26. The molecule has 0 unspecified atom stereocenters. The molecule has 24 heavy (non-hydrogen) atoms. The van der Waals surface area contributed by atoms with Crippen molar-refractivity contribution < 1.29 is 9.59 Å². The lowest BCUT2D eigenvalue weighted by Gasteiger charge is -2.19. The molecular weight excluding hydrogens is 300 g/mol. The van der Waals surface area contributed by atoms with Crippen LogP contribution in [0.25, 0.3) is 0 Å². The number of carbonyl (C=O) groups is 2. The number of amides is 2. The minimum atomic E-state index is -0.301. The summed E-state index contributed by atoms with van der Waals surface area (Å²) in [6, 6.07) is 17.6. The SMILES string of the molecule is Cc1ccc(N2C[C@H](C(=O)N[C@H](C)c3ccccc3)CC2=O)cc1. The van der Waals surface area contributed by atoms with Crippen LogP contribution in [0.3, 0.4) is 0 Å². The molecular formula is C20H22N2O2. The van der Waals surface area contributed by atoms with Crippen molar-refractivity contribution in [1.29, 1.82) is 0 Å². The fraction of sp³-hybridized carbons (Fsp3) is 0.300. The molecule has 0 bridgehead atoms. The van der Waals surface area contributed by atoms with Crippen molar-refractivity contribution in [3.05, 3.63) is 65.7 Å². The molecule has 2 amide bonds. The van der Waals surface area contributed by atoms with Gasteiger partial charge in [0.2, 0.25) is 11.8 Å². The van der Waals surface area contributed by atoms with Crippen LogP contribution in [0.5, 0.6) is 0 Å². The first-order valence-corrected chi connectivity index (χ1v) is 8.27. The first kappa shape index (κ1) is 16.2. The van der Waals surface area contributed by atoms with Crippen LogP contribution in [-0.2, 0) is 9.59 Å². The van der Waals surface area contributed by atoms with E-state index in [0.29, 0.717) is 6.54 Å². The van der Waals surface area contributed by atoms with Gasteiger partial charge < -0.3 is 10.2 Å². The van der Waals surface area contributed by atoms with E-state index in [9.17, 15) is 9.59 Å². The molecule has 1 heterocycles. The van der Waals surface area contributed by atoms with Gasteiger partial charge in [0.1, 0.15) is 0 Å². The van der Waals surface area contributed by atoms with E-state index in [0.717, 1.165) is 16.8 Å². The summed E-state index contributed by atoms with van der Waals surface area (Å²) >= 11 is 0. The van der Waals surface area contributed by atoms with Gasteiger partial charge in [0, 0.05) is 18.7 Å². The summed E-state index contributed by atoms with van der Waals surface area (Å²) in [6.45, 7) is 4.41. The predicted molar refractivity (Wildman–Crippen MR) is 94.6 cm³/mol. The highest BCUT2D eigenvalue weighted by Gasteiger charge is 2.35. The Labute approximate surface area is 142 Å². The van der Waals surface area contributed by atoms with Crippen LogP contribution >= 0.6 is 0 Å². The molecule has 4 heteroatoms. The van der Waals surface area contributed by atoms with E-state index in [2.05, 4.69) is 5.32 Å². The number of nitrogens with zero attached hydrogens (tertiary/aromatic N) is 1. The molecule has 0 spiro atoms. The smallest absolute Gasteiger partial charge is 0.227 e. The lowest BCUT2D eigenvalue weighted by atomic mass is 10.1. The van der Waals surface area contributed by atoms with Crippen LogP contribution in [0.1, 0.15) is 30.5 Å². The van der Waals surface area contributed by atoms with Crippen LogP contribution < -0.4 is 10.2 Å². The summed E-state index contributed by atoms with van der Waals surface area (Å²) in [5.74, 6) is -0.356. The fourth-order valence-electron chi connectivity index (χ4n) is 3.01. The monoisotopic (exact) mass is 322 g/mol. The second-order valence-electron chi connectivity index (χ2n) is 6.38. The van der Waals surface area contributed by atoms with Crippen molar-refractivity contribution in [2.75, 3.05) is 11.4 Å². The summed E-state index contributed by atoms with van der Waals surface area (Å²) < 4.78 is 0. The normalized spacial score (nSPS) is 18.5. The molecule has 0 radical (unpaired) electrons. The van der Waals surface area contributed by atoms with E-state index in [-0.39, 0.29) is 30.2 Å². The molecule has 1 N–H and O–H groups in total. The maximum Gasteiger partial charge on any atom is 0.227 e. The molecule has 2 aromatic rings. The lowest BCUT2D eigenvalue weighted by molar-refractivity contribution is -0.126. The zero-order valence-corrected chi connectivity index (χ0v) is 14.0. The zero-order valence-electron chi connectivity index (χ0n) is 14.0. The molecule has 2 atom stereocenters. The number of hydrogen-bond donors (Lipinski definition) is 1. The molecule has 1 saturated heterocycles. The summed E-state index contributed by atoms with van der Waals surface area (Å²) in [4.78, 5) is 26.5. The van der Waals surface area contributed by atoms with E-state index < -0.39 is 0 Å². The third kappa shape index (κ3) is 3.48. The molecule has 1 aliphatic heterocycles. The van der Waals surface area contributed by atoms with Gasteiger partial charge in [-0.3, -0.25) is 9.59 Å². The Morgan fingerprint density at radius 2 is 1.79 bits per heavy atom. The van der Waals surface area contributed by atoms with Crippen molar-refractivity contribution in [2.24, 2.45) is 5.92 Å². The van der Waals surface area contributed by atoms with E-state index >= 15 is 0 Å². The quantitative estimate of drug-likeness (QED) is 0.939. The van der Waals surface area contributed by atoms with E-state index in [1.807, 2.05) is 68.4 Å². The Kier molecular flexibility index (Phi) is 4.65. The predicted octanol–water partition coefficient (Wildman–Crippen LogP) is 3.23. The largest absolute Gasteiger partial charge is 0.349 e. The number of rotatable bonds is 4. The van der Waals surface area contributed by atoms with E-state index in [4.69, 9.17) is 0 Å². The minimum Gasteiger partial charge on any atom is -0.349 e. The Morgan fingerprint density at radius 3 is 2.46 bits per heavy atom. The van der Waals surface area contributed by atoms with Gasteiger partial charge in [-0.15, -0.1) is 0 Å². The molecule has 4 nitrogen and oxygen atoms in total. The van der Waals surface area contributed by atoms with Crippen molar-refractivity contribution in [3.63, 3.8) is 0 Å². The molecule has 2 aromatic carbocycles. The third-order valence-electron chi connectivity index (χ3n) is 4.50. The second-order valence-corrected chi connectivity index (χ2v) is 6.38. The average molecular weight is 322 g/mol. The highest BCUT2D eigenvalue weighted by atomic mass is 16.2. The fourth-order valence-corrected chi connectivity index (χ4v) is 3.01. The topological polar surface area (TPSA) is 49.4 Å². The average Bonchev–Trinajstić information content (AvgIpc) is 2.98. The lowest BCUT2D eigenvalue weighted by Crippen LogP contribution is -2.34. The molecule has 0 aliphatic carbocycles. The molecule has 0 saturated carbocycles. The molecule has 1 aliphatic rings. The molecule has 3 rings (SSSR count). The van der Waals surface area contributed by atoms with Gasteiger partial charge in [-0.05, 0) is 31.5 Å². The minimum absolute atomic E-state index is 0.00590. The first-order chi connectivity index (χ1) is 11.5. The van der Waals surface area contributed by atoms with Crippen molar-refractivity contribution >= 4 is 17.5 Å². The molecule has 0 aromatic heterocycles. The van der Waals surface area contributed by atoms with Crippen LogP contribution in [0, 0.1) is 12.8 Å². The number of carbonyl (C=O) groups excluding carboxylic acids is 2. The Morgan fingerprint density at radius 1 is 1.12 bits per heavy atom. The van der Waals surface area contributed by atoms with Crippen LogP contribution in [0.2, 0.25) is 0 Å². The van der Waals surface area contributed by atoms with Gasteiger partial charge in [-0.1, -0.05) is 48.0 Å². The third-order valence-corrected chi connectivity index (χ3v) is 4.50. The van der Waals surface area contributed by atoms with Crippen LogP contribution in [0.4, 0.5) is 5.69 Å². The summed E-state index contributed by atoms with van der Waals surface area (Å²) in [5, 5.41) is 3.02. The first-order valence-electron chi connectivity index (χ1n) is 8.27. The number of nitrogens with one attached hydrogen (secondary N) is 1. The van der Waals surface area contributed by atoms with Gasteiger partial charge in [0.15, 0.2) is 0 Å². The number of anilines is 1. The molecule has 1 fully saturated rings. The zero-order chi connectivity index (χ0) is 17.1. The number of hydrogen-bond acceptors (Lipinski definition) is 2. The highest BCUT2D eigenvalue weighted by molar-refractivity contribution is 6.00. The Bertz CT molecular complexity index is 725. The van der Waals surface area contributed by atoms with E-state index in [1.54, 1.807) is 4.90 Å². The van der Waals surface area contributed by atoms with Crippen LogP contribution in [-0.4, -0.2) is 18.4 Å².